The SMILES string of the molecule is CC/C=C\C/C=C\C/C=C\CCCCCCCCCC(=O)OC(COC(=O)CCCCCCCCCCCCCCCC)COP(=O)(O)OCC[N+](C)(C)C. The fourth-order valence-electron chi connectivity index (χ4n) is 5.97. The first-order valence-corrected chi connectivity index (χ1v) is 23.7. The molecule has 0 aliphatic rings. The van der Waals surface area contributed by atoms with E-state index >= 15 is 0 Å². The Bertz CT molecular complexity index is 1040. The van der Waals surface area contributed by atoms with Gasteiger partial charge in [-0.05, 0) is 44.9 Å². The lowest BCUT2D eigenvalue weighted by atomic mass is 10.0. The van der Waals surface area contributed by atoms with E-state index in [1.165, 1.54) is 89.9 Å². The molecule has 2 atom stereocenters. The van der Waals surface area contributed by atoms with Crippen LogP contribution in [-0.4, -0.2) is 74.9 Å². The number of hydrogen-bond donors (Lipinski definition) is 1. The summed E-state index contributed by atoms with van der Waals surface area (Å²) in [7, 11) is 1.47. The van der Waals surface area contributed by atoms with Crippen LogP contribution in [0.2, 0.25) is 0 Å². The van der Waals surface area contributed by atoms with Crippen molar-refractivity contribution in [1.29, 1.82) is 0 Å². The fourth-order valence-corrected chi connectivity index (χ4v) is 6.71. The summed E-state index contributed by atoms with van der Waals surface area (Å²) in [6, 6.07) is 0. The average Bonchev–Trinajstić information content (AvgIpc) is 3.13. The molecule has 1 N–H and O–H groups in total. The Balaban J connectivity index is 4.35. The molecule has 2 unspecified atom stereocenters. The van der Waals surface area contributed by atoms with Crippen molar-refractivity contribution in [3.05, 3.63) is 36.5 Å². The van der Waals surface area contributed by atoms with Crippen LogP contribution >= 0.6 is 7.82 Å². The van der Waals surface area contributed by atoms with Gasteiger partial charge in [0.05, 0.1) is 27.7 Å². The normalized spacial score (nSPS) is 13.9. The highest BCUT2D eigenvalue weighted by Gasteiger charge is 2.27. The molecule has 10 heteroatoms. The first-order valence-electron chi connectivity index (χ1n) is 22.2. The van der Waals surface area contributed by atoms with Gasteiger partial charge in [-0.1, -0.05) is 166 Å². The monoisotopic (exact) mass is 799 g/mol. The summed E-state index contributed by atoms with van der Waals surface area (Å²) >= 11 is 0. The summed E-state index contributed by atoms with van der Waals surface area (Å²) in [5, 5.41) is 0. The summed E-state index contributed by atoms with van der Waals surface area (Å²) in [5.41, 5.74) is 0. The number of allylic oxidation sites excluding steroid dienone is 6. The zero-order valence-electron chi connectivity index (χ0n) is 36.2. The summed E-state index contributed by atoms with van der Waals surface area (Å²) in [6.45, 7) is 4.31. The van der Waals surface area contributed by atoms with Crippen molar-refractivity contribution in [3.63, 3.8) is 0 Å². The van der Waals surface area contributed by atoms with Crippen molar-refractivity contribution in [2.75, 3.05) is 47.5 Å². The van der Waals surface area contributed by atoms with Crippen LogP contribution in [0.1, 0.15) is 187 Å². The van der Waals surface area contributed by atoms with E-state index < -0.39 is 26.5 Å². The van der Waals surface area contributed by atoms with E-state index in [9.17, 15) is 19.0 Å². The molecular formula is C45H85NO8P+. The lowest BCUT2D eigenvalue weighted by Crippen LogP contribution is -2.37. The van der Waals surface area contributed by atoms with Gasteiger partial charge >= 0.3 is 19.8 Å². The molecule has 0 aromatic heterocycles. The van der Waals surface area contributed by atoms with Crippen LogP contribution in [0.3, 0.4) is 0 Å². The lowest BCUT2D eigenvalue weighted by Gasteiger charge is -2.24. The molecule has 0 heterocycles. The molecule has 0 spiro atoms. The van der Waals surface area contributed by atoms with Crippen LogP contribution in [0.25, 0.3) is 0 Å². The van der Waals surface area contributed by atoms with Gasteiger partial charge in [0.25, 0.3) is 0 Å². The number of quaternary nitrogens is 1. The second-order valence-corrected chi connectivity index (χ2v) is 17.5. The van der Waals surface area contributed by atoms with Crippen LogP contribution < -0.4 is 0 Å². The van der Waals surface area contributed by atoms with Crippen LogP contribution in [0.15, 0.2) is 36.5 Å². The molecule has 0 aromatic rings. The number of phosphoric acid groups is 1. The summed E-state index contributed by atoms with van der Waals surface area (Å²) in [4.78, 5) is 35.4. The van der Waals surface area contributed by atoms with Crippen molar-refractivity contribution in [1.82, 2.24) is 0 Å². The van der Waals surface area contributed by atoms with Gasteiger partial charge in [-0.15, -0.1) is 0 Å². The zero-order chi connectivity index (χ0) is 40.7. The number of phosphoric ester groups is 1. The maximum absolute atomic E-state index is 12.7. The second-order valence-electron chi connectivity index (χ2n) is 16.1. The molecule has 0 amide bonds. The molecule has 0 aromatic carbocycles. The van der Waals surface area contributed by atoms with Gasteiger partial charge in [0.15, 0.2) is 6.10 Å². The predicted molar refractivity (Wildman–Crippen MR) is 229 cm³/mol. The smallest absolute Gasteiger partial charge is 0.462 e. The van der Waals surface area contributed by atoms with Gasteiger partial charge in [-0.2, -0.15) is 0 Å². The third-order valence-corrected chi connectivity index (χ3v) is 10.4. The van der Waals surface area contributed by atoms with Gasteiger partial charge in [-0.3, -0.25) is 18.6 Å². The number of nitrogens with zero attached hydrogens (tertiary/aromatic N) is 1. The molecule has 0 saturated carbocycles. The number of ether oxygens (including phenoxy) is 2. The molecule has 9 nitrogen and oxygen atoms in total. The molecule has 0 rings (SSSR count). The van der Waals surface area contributed by atoms with E-state index in [0.29, 0.717) is 17.4 Å². The third-order valence-electron chi connectivity index (χ3n) is 9.43. The fraction of sp³-hybridized carbons (Fsp3) is 0.822. The lowest BCUT2D eigenvalue weighted by molar-refractivity contribution is -0.870. The minimum atomic E-state index is -4.37. The van der Waals surface area contributed by atoms with Gasteiger partial charge in [0.2, 0.25) is 0 Å². The van der Waals surface area contributed by atoms with E-state index in [1.807, 2.05) is 21.1 Å². The van der Waals surface area contributed by atoms with Gasteiger partial charge in [0, 0.05) is 12.8 Å². The standard InChI is InChI=1S/C45H84NO8P/c1-6-8-10-12-14-16-18-20-22-23-24-26-28-30-32-34-36-38-45(48)54-43(42-53-55(49,50)52-40-39-46(3,4)5)41-51-44(47)37-35-33-31-29-27-25-21-19-17-15-13-11-9-7-2/h8,10,14,16,20,22,43H,6-7,9,11-13,15,17-19,21,23-42H2,1-5H3/p+1/b10-8-,16-14-,22-20-. The van der Waals surface area contributed by atoms with Crippen LogP contribution in [-0.2, 0) is 32.7 Å². The minimum absolute atomic E-state index is 0.0302. The number of unbranched alkanes of at least 4 members (excludes halogenated alkanes) is 20. The van der Waals surface area contributed by atoms with Crippen LogP contribution in [0.5, 0.6) is 0 Å². The highest BCUT2D eigenvalue weighted by molar-refractivity contribution is 7.47. The molecule has 0 radical (unpaired) electrons. The van der Waals surface area contributed by atoms with Crippen molar-refractivity contribution < 1.29 is 42.1 Å². The van der Waals surface area contributed by atoms with Gasteiger partial charge in [-0.25, -0.2) is 4.57 Å². The second kappa shape index (κ2) is 37.8. The summed E-state index contributed by atoms with van der Waals surface area (Å²) in [6.07, 6.45) is 41.8. The van der Waals surface area contributed by atoms with E-state index in [2.05, 4.69) is 50.3 Å². The topological polar surface area (TPSA) is 108 Å². The predicted octanol–water partition coefficient (Wildman–Crippen LogP) is 12.5. The number of likely N-dealkylation sites (N-methyl/N-ethyl adjacent to an activating group) is 1. The average molecular weight is 799 g/mol. The maximum atomic E-state index is 12.7. The zero-order valence-corrected chi connectivity index (χ0v) is 37.1. The molecule has 55 heavy (non-hydrogen) atoms. The highest BCUT2D eigenvalue weighted by Crippen LogP contribution is 2.43. The Morgan fingerprint density at radius 1 is 0.582 bits per heavy atom. The number of hydrogen-bond acceptors (Lipinski definition) is 7. The van der Waals surface area contributed by atoms with Gasteiger partial charge in [0.1, 0.15) is 19.8 Å². The van der Waals surface area contributed by atoms with E-state index in [1.54, 1.807) is 0 Å². The molecular weight excluding hydrogens is 713 g/mol. The number of carbonyl (C=O) groups excluding carboxylic acids is 2. The van der Waals surface area contributed by atoms with E-state index in [0.717, 1.165) is 64.2 Å². The van der Waals surface area contributed by atoms with Gasteiger partial charge < -0.3 is 18.9 Å². The van der Waals surface area contributed by atoms with Crippen molar-refractivity contribution in [3.8, 4) is 0 Å². The number of esters is 2. The quantitative estimate of drug-likeness (QED) is 0.0215. The summed E-state index contributed by atoms with van der Waals surface area (Å²) in [5.74, 6) is -0.806. The summed E-state index contributed by atoms with van der Waals surface area (Å²) < 4.78 is 34.3. The number of rotatable bonds is 40. The maximum Gasteiger partial charge on any atom is 0.472 e. The molecule has 0 fully saturated rings. The Labute approximate surface area is 338 Å². The molecule has 0 aliphatic carbocycles. The molecule has 0 bridgehead atoms. The van der Waals surface area contributed by atoms with Crippen LogP contribution in [0.4, 0.5) is 0 Å². The number of carbonyl (C=O) groups is 2. The Morgan fingerprint density at radius 2 is 1.04 bits per heavy atom. The third kappa shape index (κ3) is 41.7. The Morgan fingerprint density at radius 3 is 1.55 bits per heavy atom. The molecule has 0 saturated heterocycles. The Hall–Kier alpha value is -1.77. The molecule has 0 aliphatic heterocycles. The first kappa shape index (κ1) is 53.2. The Kier molecular flexibility index (Phi) is 36.6. The largest absolute Gasteiger partial charge is 0.472 e. The van der Waals surface area contributed by atoms with E-state index in [-0.39, 0.29) is 32.0 Å². The van der Waals surface area contributed by atoms with E-state index in [4.69, 9.17) is 18.5 Å². The van der Waals surface area contributed by atoms with Crippen molar-refractivity contribution in [2.45, 2.75) is 193 Å². The van der Waals surface area contributed by atoms with Crippen molar-refractivity contribution in [2.24, 2.45) is 0 Å². The van der Waals surface area contributed by atoms with Crippen molar-refractivity contribution >= 4 is 19.8 Å². The first-order chi connectivity index (χ1) is 26.5. The molecule has 322 valence electrons. The highest BCUT2D eigenvalue weighted by atomic mass is 31.2. The minimum Gasteiger partial charge on any atom is -0.462 e. The van der Waals surface area contributed by atoms with Crippen LogP contribution in [0, 0.1) is 0 Å².